The van der Waals surface area contributed by atoms with Crippen LogP contribution in [0.4, 0.5) is 0 Å². The van der Waals surface area contributed by atoms with Crippen LogP contribution in [0.25, 0.3) is 22.4 Å². The lowest BCUT2D eigenvalue weighted by atomic mass is 9.91. The minimum atomic E-state index is -2.59. The van der Waals surface area contributed by atoms with E-state index >= 15 is 0 Å². The second-order valence-electron chi connectivity index (χ2n) is 7.73. The maximum absolute atomic E-state index is 8.75. The van der Waals surface area contributed by atoms with E-state index in [0.29, 0.717) is 28.1 Å². The van der Waals surface area contributed by atoms with Gasteiger partial charge in [-0.2, -0.15) is 0 Å². The quantitative estimate of drug-likeness (QED) is 0.423. The van der Waals surface area contributed by atoms with Crippen LogP contribution in [0.3, 0.4) is 0 Å². The van der Waals surface area contributed by atoms with Gasteiger partial charge in [0.1, 0.15) is 7.05 Å². The molecule has 2 heterocycles. The number of aromatic nitrogens is 2. The molecule has 4 rings (SSSR count). The Morgan fingerprint density at radius 3 is 2.64 bits per heavy atom. The van der Waals surface area contributed by atoms with E-state index in [0.717, 1.165) is 17.2 Å². The molecule has 0 N–H and O–H groups in total. The molecule has 0 fully saturated rings. The molecule has 0 saturated heterocycles. The molecular formula is C26H31N2+. The van der Waals surface area contributed by atoms with Crippen molar-refractivity contribution < 1.29 is 19.6 Å². The first kappa shape index (κ1) is 9.82. The van der Waals surface area contributed by atoms with Crippen molar-refractivity contribution in [3.8, 4) is 22.4 Å². The summed E-state index contributed by atoms with van der Waals surface area (Å²) in [6.45, 7) is -2.43. The maximum Gasteiger partial charge on any atom is 0.213 e. The molecule has 28 heavy (non-hydrogen) atoms. The van der Waals surface area contributed by atoms with Crippen molar-refractivity contribution >= 4 is 0 Å². The summed E-state index contributed by atoms with van der Waals surface area (Å²) in [5, 5.41) is 0. The van der Waals surface area contributed by atoms with Gasteiger partial charge in [-0.3, -0.25) is 4.98 Å². The maximum atomic E-state index is 8.75. The fraction of sp³-hybridized carbons (Fsp3) is 0.385. The molecule has 0 radical (unpaired) electrons. The zero-order chi connectivity index (χ0) is 29.5. The van der Waals surface area contributed by atoms with Crippen LogP contribution < -0.4 is 4.57 Å². The fourth-order valence-electron chi connectivity index (χ4n) is 4.06. The number of pyridine rings is 2. The van der Waals surface area contributed by atoms with E-state index in [2.05, 4.69) is 4.98 Å². The standard InChI is InChI=1S/C26H31N2/c1-15(2)10-20-12-24(28(7)14-18(20)5)26-16(3)8-9-21-22(26)13-23-25(21)17(4)11-19(6)27-23/h8-9,11-12,14-15H,10,13H2,1-7H3/q+1/i4D3,5D3,6D3,10D2. The van der Waals surface area contributed by atoms with Crippen LogP contribution in [0, 0.1) is 33.4 Å². The van der Waals surface area contributed by atoms with Crippen LogP contribution in [-0.2, 0) is 19.8 Å². The average molecular weight is 383 g/mol. The number of nitrogens with zero attached hydrogens (tertiary/aromatic N) is 2. The van der Waals surface area contributed by atoms with Gasteiger partial charge in [0.2, 0.25) is 5.69 Å². The summed E-state index contributed by atoms with van der Waals surface area (Å²) in [6, 6.07) is 6.36. The summed E-state index contributed by atoms with van der Waals surface area (Å²) in [4.78, 5) is 4.37. The van der Waals surface area contributed by atoms with E-state index in [-0.39, 0.29) is 28.8 Å². The van der Waals surface area contributed by atoms with Crippen LogP contribution in [0.1, 0.15) is 68.1 Å². The van der Waals surface area contributed by atoms with Gasteiger partial charge in [0.05, 0.1) is 11.3 Å². The van der Waals surface area contributed by atoms with Crippen LogP contribution in [-0.4, -0.2) is 4.98 Å². The zero-order valence-electron chi connectivity index (χ0n) is 27.6. The van der Waals surface area contributed by atoms with Crippen molar-refractivity contribution in [3.63, 3.8) is 0 Å². The van der Waals surface area contributed by atoms with Gasteiger partial charge in [-0.05, 0) is 73.7 Å². The van der Waals surface area contributed by atoms with E-state index in [1.165, 1.54) is 6.20 Å². The summed E-state index contributed by atoms with van der Waals surface area (Å²) in [5.74, 6) is -0.504. The predicted molar refractivity (Wildman–Crippen MR) is 117 cm³/mol. The first-order chi connectivity index (χ1) is 17.7. The third-order valence-corrected chi connectivity index (χ3v) is 5.20. The van der Waals surface area contributed by atoms with E-state index in [9.17, 15) is 0 Å². The Hall–Kier alpha value is -2.48. The van der Waals surface area contributed by atoms with Gasteiger partial charge in [0.25, 0.3) is 0 Å². The normalized spacial score (nSPS) is 20.1. The minimum Gasteiger partial charge on any atom is -0.257 e. The molecule has 0 unspecified atom stereocenters. The molecule has 0 aliphatic heterocycles. The van der Waals surface area contributed by atoms with Crippen molar-refractivity contribution in [2.45, 2.75) is 54.1 Å². The van der Waals surface area contributed by atoms with Crippen molar-refractivity contribution in [1.29, 1.82) is 0 Å². The molecule has 0 bridgehead atoms. The highest BCUT2D eigenvalue weighted by atomic mass is 14.9. The molecule has 0 saturated carbocycles. The molecule has 1 aliphatic carbocycles. The highest BCUT2D eigenvalue weighted by molar-refractivity contribution is 5.85. The Labute approximate surface area is 184 Å². The van der Waals surface area contributed by atoms with Crippen molar-refractivity contribution in [1.82, 2.24) is 4.98 Å². The fourth-order valence-corrected chi connectivity index (χ4v) is 4.06. The number of fused-ring (bicyclic) bond motifs is 3. The van der Waals surface area contributed by atoms with E-state index < -0.39 is 32.8 Å². The molecule has 144 valence electrons. The molecule has 0 atom stereocenters. The van der Waals surface area contributed by atoms with Crippen LogP contribution >= 0.6 is 0 Å². The topological polar surface area (TPSA) is 16.8 Å². The molecule has 0 amide bonds. The molecule has 2 nitrogen and oxygen atoms in total. The van der Waals surface area contributed by atoms with Gasteiger partial charge in [-0.25, -0.2) is 4.57 Å². The third kappa shape index (κ3) is 3.05. The molecule has 1 aliphatic rings. The van der Waals surface area contributed by atoms with Crippen LogP contribution in [0.2, 0.25) is 0 Å². The first-order valence-corrected chi connectivity index (χ1v) is 9.38. The largest absolute Gasteiger partial charge is 0.257 e. The number of benzene rings is 1. The summed E-state index contributed by atoms with van der Waals surface area (Å²) in [6.07, 6.45) is -0.314. The monoisotopic (exact) mass is 382 g/mol. The van der Waals surface area contributed by atoms with Crippen molar-refractivity contribution in [2.24, 2.45) is 13.0 Å². The van der Waals surface area contributed by atoms with E-state index in [1.807, 2.05) is 13.0 Å². The second-order valence-corrected chi connectivity index (χ2v) is 7.73. The van der Waals surface area contributed by atoms with Gasteiger partial charge in [0, 0.05) is 44.4 Å². The minimum absolute atomic E-state index is 0.0732. The first-order valence-electron chi connectivity index (χ1n) is 14.9. The molecule has 1 aromatic carbocycles. The predicted octanol–water partition coefficient (Wildman–Crippen LogP) is 5.58. The van der Waals surface area contributed by atoms with E-state index in [4.69, 9.17) is 15.1 Å². The van der Waals surface area contributed by atoms with Crippen LogP contribution in [0.15, 0.2) is 30.5 Å². The number of aryl methyl sites for hydroxylation is 5. The summed E-state index contributed by atoms with van der Waals surface area (Å²) >= 11 is 0. The second kappa shape index (κ2) is 6.84. The van der Waals surface area contributed by atoms with Gasteiger partial charge < -0.3 is 0 Å². The SMILES string of the molecule is [2H]C([2H])([2H])c1cc(C([2H])([2H])[2H])c2c(n1)Cc1c-2ccc(C)c1-c1cc(C([2H])([2H])C(C)C)c(C([2H])([2H])[2H])c[n+]1C. The van der Waals surface area contributed by atoms with Gasteiger partial charge in [-0.1, -0.05) is 26.0 Å². The van der Waals surface area contributed by atoms with Gasteiger partial charge >= 0.3 is 0 Å². The Kier molecular flexibility index (Phi) is 2.40. The van der Waals surface area contributed by atoms with Gasteiger partial charge in [0.15, 0.2) is 6.20 Å². The summed E-state index contributed by atoms with van der Waals surface area (Å²) in [7, 11) is 1.69. The average Bonchev–Trinajstić information content (AvgIpc) is 3.14. The lowest BCUT2D eigenvalue weighted by molar-refractivity contribution is -0.660. The Balaban J connectivity index is 2.05. The third-order valence-electron chi connectivity index (χ3n) is 5.20. The number of hydrogen-bond acceptors (Lipinski definition) is 1. The lowest BCUT2D eigenvalue weighted by Gasteiger charge is -2.14. The summed E-state index contributed by atoms with van der Waals surface area (Å²) in [5.41, 5.74) is 3.84. The van der Waals surface area contributed by atoms with Gasteiger partial charge in [-0.15, -0.1) is 0 Å². The Bertz CT molecular complexity index is 1460. The van der Waals surface area contributed by atoms with Crippen molar-refractivity contribution in [2.75, 3.05) is 0 Å². The Morgan fingerprint density at radius 2 is 1.93 bits per heavy atom. The summed E-state index contributed by atoms with van der Waals surface area (Å²) < 4.78 is 91.2. The van der Waals surface area contributed by atoms with E-state index in [1.54, 1.807) is 37.6 Å². The molecular weight excluding hydrogens is 340 g/mol. The molecule has 0 spiro atoms. The number of rotatable bonds is 3. The zero-order valence-corrected chi connectivity index (χ0v) is 16.6. The molecule has 2 heteroatoms. The smallest absolute Gasteiger partial charge is 0.213 e. The molecule has 3 aromatic rings. The molecule has 2 aromatic heterocycles. The highest BCUT2D eigenvalue weighted by Crippen LogP contribution is 2.43. The Morgan fingerprint density at radius 1 is 1.11 bits per heavy atom. The highest BCUT2D eigenvalue weighted by Gasteiger charge is 2.29. The van der Waals surface area contributed by atoms with Crippen LogP contribution in [0.5, 0.6) is 0 Å². The lowest BCUT2D eigenvalue weighted by Crippen LogP contribution is -2.32. The number of hydrogen-bond donors (Lipinski definition) is 0. The van der Waals surface area contributed by atoms with Crippen molar-refractivity contribution in [3.05, 3.63) is 69.7 Å².